The number of hydrogen-bond donors (Lipinski definition) is 2. The Bertz CT molecular complexity index is 904. The van der Waals surface area contributed by atoms with E-state index < -0.39 is 0 Å². The number of nitrogens with zero attached hydrogens (tertiary/aromatic N) is 1. The van der Waals surface area contributed by atoms with Crippen LogP contribution < -0.4 is 10.5 Å². The van der Waals surface area contributed by atoms with Crippen LogP contribution in [0.5, 0.6) is 5.75 Å². The zero-order valence-electron chi connectivity index (χ0n) is 12.9. The molecule has 3 aromatic rings. The predicted molar refractivity (Wildman–Crippen MR) is 108 cm³/mol. The fourth-order valence-corrected chi connectivity index (χ4v) is 5.31. The highest BCUT2D eigenvalue weighted by Crippen LogP contribution is 2.41. The van der Waals surface area contributed by atoms with E-state index in [4.69, 9.17) is 20.9 Å². The number of halogens is 1. The monoisotopic (exact) mass is 439 g/mol. The highest BCUT2D eigenvalue weighted by atomic mass is 79.9. The van der Waals surface area contributed by atoms with Gasteiger partial charge in [0.25, 0.3) is 0 Å². The Morgan fingerprint density at radius 1 is 1.33 bits per heavy atom. The van der Waals surface area contributed by atoms with Crippen LogP contribution in [0, 0.1) is 5.41 Å². The first kappa shape index (κ1) is 17.5. The largest absolute Gasteiger partial charge is 0.497 e. The van der Waals surface area contributed by atoms with Crippen molar-refractivity contribution in [1.29, 1.82) is 5.41 Å². The third kappa shape index (κ3) is 3.37. The molecule has 4 nitrogen and oxygen atoms in total. The molecular formula is C16H14BrN3OS3. The number of aromatic nitrogens is 1. The van der Waals surface area contributed by atoms with Gasteiger partial charge in [0.05, 0.1) is 21.9 Å². The molecule has 8 heteroatoms. The van der Waals surface area contributed by atoms with Gasteiger partial charge in [0, 0.05) is 21.0 Å². The van der Waals surface area contributed by atoms with E-state index in [-0.39, 0.29) is 5.84 Å². The number of thiazole rings is 1. The standard InChI is InChI=1S/C16H14BrN3OS3/c1-21-8-3-4-11(17)9(5-8)12-7-23-15(20-12)10-6-13(14(18)19)24-16(10)22-2/h3-7H,1-2H3,(H3,18,19). The van der Waals surface area contributed by atoms with E-state index in [1.165, 1.54) is 11.3 Å². The molecule has 0 bridgehead atoms. The van der Waals surface area contributed by atoms with Gasteiger partial charge in [-0.15, -0.1) is 34.4 Å². The molecule has 0 aliphatic rings. The van der Waals surface area contributed by atoms with Gasteiger partial charge in [0.2, 0.25) is 0 Å². The zero-order valence-corrected chi connectivity index (χ0v) is 17.0. The van der Waals surface area contributed by atoms with Gasteiger partial charge >= 0.3 is 0 Å². The fourth-order valence-electron chi connectivity index (χ4n) is 2.16. The van der Waals surface area contributed by atoms with Crippen molar-refractivity contribution in [2.24, 2.45) is 5.73 Å². The summed E-state index contributed by atoms with van der Waals surface area (Å²) in [5, 5.41) is 10.6. The second kappa shape index (κ2) is 7.26. The fraction of sp³-hybridized carbons (Fsp3) is 0.125. The van der Waals surface area contributed by atoms with Crippen molar-refractivity contribution in [2.45, 2.75) is 4.21 Å². The molecule has 0 atom stereocenters. The van der Waals surface area contributed by atoms with Crippen LogP contribution in [0.4, 0.5) is 0 Å². The summed E-state index contributed by atoms with van der Waals surface area (Å²) >= 11 is 8.33. The van der Waals surface area contributed by atoms with Crippen LogP contribution in [0.3, 0.4) is 0 Å². The number of nitrogen functional groups attached to an aromatic ring is 1. The van der Waals surface area contributed by atoms with Gasteiger partial charge < -0.3 is 10.5 Å². The molecular weight excluding hydrogens is 426 g/mol. The number of thiophene rings is 1. The highest BCUT2D eigenvalue weighted by Gasteiger charge is 2.16. The van der Waals surface area contributed by atoms with E-state index in [1.807, 2.05) is 35.9 Å². The van der Waals surface area contributed by atoms with Gasteiger partial charge in [-0.25, -0.2) is 4.98 Å². The molecule has 0 aliphatic carbocycles. The molecule has 2 aromatic heterocycles. The Morgan fingerprint density at radius 3 is 2.79 bits per heavy atom. The van der Waals surface area contributed by atoms with Crippen molar-refractivity contribution in [3.63, 3.8) is 0 Å². The summed E-state index contributed by atoms with van der Waals surface area (Å²) < 4.78 is 7.39. The molecule has 0 fully saturated rings. The van der Waals surface area contributed by atoms with Gasteiger partial charge in [-0.05, 0) is 30.5 Å². The second-order valence-corrected chi connectivity index (χ2v) is 8.65. The number of nitrogens with one attached hydrogen (secondary N) is 1. The molecule has 3 rings (SSSR count). The van der Waals surface area contributed by atoms with Gasteiger partial charge in [0.1, 0.15) is 16.6 Å². The molecule has 2 heterocycles. The highest BCUT2D eigenvalue weighted by molar-refractivity contribution is 9.10. The Kier molecular flexibility index (Phi) is 5.29. The normalized spacial score (nSPS) is 10.8. The zero-order chi connectivity index (χ0) is 17.3. The van der Waals surface area contributed by atoms with Crippen LogP contribution in [0.1, 0.15) is 4.88 Å². The number of hydrogen-bond acceptors (Lipinski definition) is 6. The van der Waals surface area contributed by atoms with Crippen molar-refractivity contribution in [1.82, 2.24) is 4.98 Å². The summed E-state index contributed by atoms with van der Waals surface area (Å²) in [6, 6.07) is 7.78. The van der Waals surface area contributed by atoms with Crippen molar-refractivity contribution < 1.29 is 4.74 Å². The van der Waals surface area contributed by atoms with E-state index in [0.29, 0.717) is 0 Å². The Morgan fingerprint density at radius 2 is 2.12 bits per heavy atom. The summed E-state index contributed by atoms with van der Waals surface area (Å²) in [7, 11) is 1.65. The number of nitrogens with two attached hydrogens (primary N) is 1. The molecule has 24 heavy (non-hydrogen) atoms. The second-order valence-electron chi connectivity index (χ2n) is 4.81. The van der Waals surface area contributed by atoms with Crippen LogP contribution in [-0.2, 0) is 0 Å². The van der Waals surface area contributed by atoms with Crippen molar-refractivity contribution in [3.8, 4) is 27.6 Å². The number of methoxy groups -OCH3 is 1. The van der Waals surface area contributed by atoms with Gasteiger partial charge in [-0.3, -0.25) is 5.41 Å². The lowest BCUT2D eigenvalue weighted by molar-refractivity contribution is 0.415. The number of rotatable bonds is 5. The third-order valence-corrected chi connectivity index (χ3v) is 7.20. The lowest BCUT2D eigenvalue weighted by atomic mass is 10.1. The van der Waals surface area contributed by atoms with Crippen molar-refractivity contribution >= 4 is 56.2 Å². The summed E-state index contributed by atoms with van der Waals surface area (Å²) in [5.41, 5.74) is 8.54. The number of benzene rings is 1. The van der Waals surface area contributed by atoms with Crippen LogP contribution in [0.15, 0.2) is 38.3 Å². The quantitative estimate of drug-likeness (QED) is 0.320. The lowest BCUT2D eigenvalue weighted by Gasteiger charge is -2.04. The topological polar surface area (TPSA) is 72.0 Å². The lowest BCUT2D eigenvalue weighted by Crippen LogP contribution is -2.08. The van der Waals surface area contributed by atoms with E-state index in [1.54, 1.807) is 30.2 Å². The third-order valence-electron chi connectivity index (χ3n) is 3.33. The average molecular weight is 440 g/mol. The van der Waals surface area contributed by atoms with Gasteiger partial charge in [-0.1, -0.05) is 15.9 Å². The van der Waals surface area contributed by atoms with E-state index >= 15 is 0 Å². The molecule has 1 aromatic carbocycles. The average Bonchev–Trinajstić information content (AvgIpc) is 3.21. The van der Waals surface area contributed by atoms with Gasteiger partial charge in [0.15, 0.2) is 0 Å². The van der Waals surface area contributed by atoms with Crippen LogP contribution in [0.25, 0.3) is 21.8 Å². The number of thioether (sulfide) groups is 1. The first-order valence-electron chi connectivity index (χ1n) is 6.85. The molecule has 124 valence electrons. The molecule has 0 spiro atoms. The minimum atomic E-state index is 0.0915. The number of amidine groups is 1. The summed E-state index contributed by atoms with van der Waals surface area (Å²) in [6.07, 6.45) is 2.02. The first-order chi connectivity index (χ1) is 11.5. The maximum absolute atomic E-state index is 7.64. The SMILES string of the molecule is COc1ccc(Br)c(-c2csc(-c3cc(C(=N)N)sc3SC)n2)c1. The Hall–Kier alpha value is -1.35. The molecule has 0 unspecified atom stereocenters. The minimum Gasteiger partial charge on any atom is -0.497 e. The van der Waals surface area contributed by atoms with Gasteiger partial charge in [-0.2, -0.15) is 0 Å². The molecule has 0 saturated carbocycles. The molecule has 0 saturated heterocycles. The smallest absolute Gasteiger partial charge is 0.133 e. The molecule has 0 aliphatic heterocycles. The summed E-state index contributed by atoms with van der Waals surface area (Å²) in [6.45, 7) is 0. The summed E-state index contributed by atoms with van der Waals surface area (Å²) in [5.74, 6) is 0.885. The van der Waals surface area contributed by atoms with Crippen LogP contribution >= 0.6 is 50.4 Å². The maximum Gasteiger partial charge on any atom is 0.133 e. The van der Waals surface area contributed by atoms with Crippen molar-refractivity contribution in [3.05, 3.63) is 39.0 Å². The van der Waals surface area contributed by atoms with Crippen LogP contribution in [0.2, 0.25) is 0 Å². The van der Waals surface area contributed by atoms with E-state index in [9.17, 15) is 0 Å². The van der Waals surface area contributed by atoms with E-state index in [2.05, 4.69) is 15.9 Å². The predicted octanol–water partition coefficient (Wildman–Crippen LogP) is 5.32. The molecule has 0 amide bonds. The minimum absolute atomic E-state index is 0.0915. The summed E-state index contributed by atoms with van der Waals surface area (Å²) in [4.78, 5) is 5.56. The molecule has 0 radical (unpaired) electrons. The Labute approximate surface area is 160 Å². The first-order valence-corrected chi connectivity index (χ1v) is 10.6. The van der Waals surface area contributed by atoms with E-state index in [0.717, 1.165) is 41.1 Å². The van der Waals surface area contributed by atoms with Crippen LogP contribution in [-0.4, -0.2) is 24.2 Å². The maximum atomic E-state index is 7.64. The number of ether oxygens (including phenoxy) is 1. The Balaban J connectivity index is 2.04. The molecule has 3 N–H and O–H groups in total. The van der Waals surface area contributed by atoms with Crippen molar-refractivity contribution in [2.75, 3.05) is 13.4 Å².